The number of carbonyl (C=O) groups excluding carboxylic acids is 7. The van der Waals surface area contributed by atoms with Crippen molar-refractivity contribution in [3.8, 4) is 0 Å². The van der Waals surface area contributed by atoms with E-state index < -0.39 is 116 Å². The number of rotatable bonds is 11. The maximum absolute atomic E-state index is 12.3. The number of ether oxygens (including phenoxy) is 8. The Morgan fingerprint density at radius 2 is 0.977 bits per heavy atom. The summed E-state index contributed by atoms with van der Waals surface area (Å²) in [6.45, 7) is 6.58. The van der Waals surface area contributed by atoms with E-state index in [-0.39, 0.29) is 0 Å². The van der Waals surface area contributed by atoms with Crippen molar-refractivity contribution in [2.75, 3.05) is 13.2 Å². The Morgan fingerprint density at radius 1 is 0.568 bits per heavy atom. The molecule has 0 aromatic carbocycles. The molecule has 2 amide bonds. The minimum Gasteiger partial charge on any atom is -0.463 e. The Balaban J connectivity index is 2.66. The highest BCUT2D eigenvalue weighted by molar-refractivity contribution is 5.74. The third kappa shape index (κ3) is 10.7. The maximum Gasteiger partial charge on any atom is 0.303 e. The third-order valence-electron chi connectivity index (χ3n) is 6.15. The Bertz CT molecular complexity index is 1100. The number of aliphatic hydroxyl groups is 1. The van der Waals surface area contributed by atoms with Crippen LogP contribution in [0, 0.1) is 0 Å². The molecular weight excluding hydrogens is 596 g/mol. The van der Waals surface area contributed by atoms with Gasteiger partial charge in [-0.05, 0) is 0 Å². The van der Waals surface area contributed by atoms with Crippen LogP contribution in [0.3, 0.4) is 0 Å². The molecule has 2 heterocycles. The summed E-state index contributed by atoms with van der Waals surface area (Å²) in [4.78, 5) is 83.8. The molecule has 18 heteroatoms. The van der Waals surface area contributed by atoms with Crippen molar-refractivity contribution >= 4 is 41.7 Å². The molecule has 2 aliphatic rings. The van der Waals surface area contributed by atoms with Crippen LogP contribution in [0.25, 0.3) is 0 Å². The first kappa shape index (κ1) is 36.3. The molecule has 2 fully saturated rings. The number of esters is 5. The fourth-order valence-corrected chi connectivity index (χ4v) is 4.70. The fourth-order valence-electron chi connectivity index (χ4n) is 4.70. The first-order valence-corrected chi connectivity index (χ1v) is 13.5. The highest BCUT2D eigenvalue weighted by Crippen LogP contribution is 2.33. The molecule has 248 valence electrons. The monoisotopic (exact) mass is 634 g/mol. The largest absolute Gasteiger partial charge is 0.463 e. The SMILES string of the molecule is CC(=O)NC1C(O)OC(COC(C)=O)C(OC2OC(COC(C)=O)C(OC(C)=O)C(OC(C)=O)C2NC(C)=O)C1OC(C)=O. The first-order valence-electron chi connectivity index (χ1n) is 13.5. The van der Waals surface area contributed by atoms with Crippen LogP contribution in [0.15, 0.2) is 0 Å². The van der Waals surface area contributed by atoms with Gasteiger partial charge in [-0.2, -0.15) is 0 Å². The highest BCUT2D eigenvalue weighted by Gasteiger charge is 2.55. The Kier molecular flexibility index (Phi) is 13.4. The Hall–Kier alpha value is -3.87. The predicted octanol–water partition coefficient (Wildman–Crippen LogP) is -2.26. The van der Waals surface area contributed by atoms with Gasteiger partial charge in [0.2, 0.25) is 11.8 Å². The topological polar surface area (TPSA) is 238 Å². The molecular formula is C26H38N2O16. The molecule has 0 spiro atoms. The van der Waals surface area contributed by atoms with Gasteiger partial charge in [0.1, 0.15) is 43.6 Å². The lowest BCUT2D eigenvalue weighted by atomic mass is 9.94. The van der Waals surface area contributed by atoms with E-state index in [1.54, 1.807) is 0 Å². The molecule has 0 aliphatic carbocycles. The van der Waals surface area contributed by atoms with Gasteiger partial charge in [-0.25, -0.2) is 0 Å². The molecule has 18 nitrogen and oxygen atoms in total. The smallest absolute Gasteiger partial charge is 0.303 e. The van der Waals surface area contributed by atoms with E-state index in [4.69, 9.17) is 37.9 Å². The number of nitrogens with one attached hydrogen (secondary N) is 2. The van der Waals surface area contributed by atoms with Crippen molar-refractivity contribution in [2.45, 2.75) is 110 Å². The summed E-state index contributed by atoms with van der Waals surface area (Å²) < 4.78 is 44.2. The summed E-state index contributed by atoms with van der Waals surface area (Å²) in [5, 5.41) is 15.6. The Labute approximate surface area is 252 Å². The van der Waals surface area contributed by atoms with Gasteiger partial charge in [0.05, 0.1) is 0 Å². The molecule has 0 aromatic rings. The minimum absolute atomic E-state index is 0.531. The molecule has 2 aliphatic heterocycles. The van der Waals surface area contributed by atoms with E-state index in [0.29, 0.717) is 0 Å². The lowest BCUT2D eigenvalue weighted by Crippen LogP contribution is -2.70. The van der Waals surface area contributed by atoms with E-state index in [1.165, 1.54) is 0 Å². The van der Waals surface area contributed by atoms with E-state index in [2.05, 4.69) is 10.6 Å². The predicted molar refractivity (Wildman–Crippen MR) is 140 cm³/mol. The second kappa shape index (κ2) is 16.3. The van der Waals surface area contributed by atoms with Crippen molar-refractivity contribution in [3.05, 3.63) is 0 Å². The molecule has 0 radical (unpaired) electrons. The molecule has 10 atom stereocenters. The molecule has 0 saturated carbocycles. The number of hydrogen-bond donors (Lipinski definition) is 3. The molecule has 10 unspecified atom stereocenters. The van der Waals surface area contributed by atoms with Crippen LogP contribution in [0.5, 0.6) is 0 Å². The summed E-state index contributed by atoms with van der Waals surface area (Å²) in [5.74, 6) is -5.31. The number of hydrogen-bond acceptors (Lipinski definition) is 16. The zero-order valence-electron chi connectivity index (χ0n) is 25.3. The van der Waals surface area contributed by atoms with Gasteiger partial charge in [-0.1, -0.05) is 0 Å². The summed E-state index contributed by atoms with van der Waals surface area (Å²) in [6.07, 6.45) is -12.1. The molecule has 3 N–H and O–H groups in total. The molecule has 2 rings (SSSR count). The second-order valence-electron chi connectivity index (χ2n) is 9.99. The average Bonchev–Trinajstić information content (AvgIpc) is 2.87. The van der Waals surface area contributed by atoms with Gasteiger partial charge in [-0.3, -0.25) is 33.6 Å². The van der Waals surface area contributed by atoms with Gasteiger partial charge >= 0.3 is 29.8 Å². The van der Waals surface area contributed by atoms with Crippen molar-refractivity contribution in [3.63, 3.8) is 0 Å². The number of amides is 2. The van der Waals surface area contributed by atoms with Gasteiger partial charge in [0.25, 0.3) is 0 Å². The fraction of sp³-hybridized carbons (Fsp3) is 0.731. The maximum atomic E-state index is 12.3. The van der Waals surface area contributed by atoms with Gasteiger partial charge < -0.3 is 53.6 Å². The van der Waals surface area contributed by atoms with E-state index in [0.717, 1.165) is 48.5 Å². The molecule has 2 saturated heterocycles. The summed E-state index contributed by atoms with van der Waals surface area (Å²) in [6, 6.07) is -2.83. The van der Waals surface area contributed by atoms with Gasteiger partial charge in [0.15, 0.2) is 30.9 Å². The standard InChI is InChI=1S/C26H38N2O16/c1-10(29)27-19-23(40-15(6)34)22(17(42-25(19)36)8-37-12(3)31)44-26-20(28-11(2)30)24(41-16(7)35)21(39-14(5)33)18(43-26)9-38-13(4)32/h17-26,36H,8-9H2,1-7H3,(H,27,29)(H,28,30). The quantitative estimate of drug-likeness (QED) is 0.161. The lowest BCUT2D eigenvalue weighted by molar-refractivity contribution is -0.330. The minimum atomic E-state index is -1.78. The van der Waals surface area contributed by atoms with Crippen LogP contribution in [0.2, 0.25) is 0 Å². The van der Waals surface area contributed by atoms with Crippen molar-refractivity contribution < 1.29 is 76.6 Å². The zero-order valence-corrected chi connectivity index (χ0v) is 25.3. The van der Waals surface area contributed by atoms with Crippen LogP contribution in [0.4, 0.5) is 0 Å². The third-order valence-corrected chi connectivity index (χ3v) is 6.15. The molecule has 0 aromatic heterocycles. The summed E-state index contributed by atoms with van der Waals surface area (Å²) >= 11 is 0. The second-order valence-corrected chi connectivity index (χ2v) is 9.99. The van der Waals surface area contributed by atoms with Crippen molar-refractivity contribution in [2.24, 2.45) is 0 Å². The molecule has 0 bridgehead atoms. The highest BCUT2D eigenvalue weighted by atomic mass is 16.7. The number of carbonyl (C=O) groups is 7. The van der Waals surface area contributed by atoms with Gasteiger partial charge in [-0.15, -0.1) is 0 Å². The first-order chi connectivity index (χ1) is 20.5. The van der Waals surface area contributed by atoms with Gasteiger partial charge in [0, 0.05) is 48.5 Å². The average molecular weight is 635 g/mol. The van der Waals surface area contributed by atoms with Crippen LogP contribution in [0.1, 0.15) is 48.5 Å². The van der Waals surface area contributed by atoms with Crippen molar-refractivity contribution in [1.82, 2.24) is 10.6 Å². The normalized spacial score (nSPS) is 31.5. The number of aliphatic hydroxyl groups excluding tert-OH is 1. The Morgan fingerprint density at radius 3 is 1.41 bits per heavy atom. The van der Waals surface area contributed by atoms with Crippen LogP contribution in [-0.2, 0) is 71.5 Å². The van der Waals surface area contributed by atoms with E-state index in [9.17, 15) is 38.7 Å². The summed E-state index contributed by atoms with van der Waals surface area (Å²) in [5.41, 5.74) is 0. The van der Waals surface area contributed by atoms with Crippen LogP contribution >= 0.6 is 0 Å². The summed E-state index contributed by atoms with van der Waals surface area (Å²) in [7, 11) is 0. The van der Waals surface area contributed by atoms with E-state index >= 15 is 0 Å². The van der Waals surface area contributed by atoms with Crippen molar-refractivity contribution in [1.29, 1.82) is 0 Å². The molecule has 44 heavy (non-hydrogen) atoms. The van der Waals surface area contributed by atoms with E-state index in [1.807, 2.05) is 0 Å². The zero-order chi connectivity index (χ0) is 33.3. The van der Waals surface area contributed by atoms with Crippen LogP contribution in [-0.4, -0.2) is 121 Å². The lowest BCUT2D eigenvalue weighted by Gasteiger charge is -2.49. The van der Waals surface area contributed by atoms with Crippen LogP contribution < -0.4 is 10.6 Å².